The molecule has 1 fully saturated rings. The summed E-state index contributed by atoms with van der Waals surface area (Å²) in [5.41, 5.74) is 1.39. The number of nitrogens with one attached hydrogen (secondary N) is 2. The molecule has 0 aromatic carbocycles. The second-order valence-electron chi connectivity index (χ2n) is 6.17. The number of carbonyl (C=O) groups excluding carboxylic acids is 2. The fraction of sp³-hybridized carbons (Fsp3) is 0.222. The fourth-order valence-electron chi connectivity index (χ4n) is 2.59. The van der Waals surface area contributed by atoms with Gasteiger partial charge in [0, 0.05) is 24.5 Å². The van der Waals surface area contributed by atoms with E-state index in [-0.39, 0.29) is 17.7 Å². The maximum atomic E-state index is 12.7. The molecule has 1 aliphatic carbocycles. The van der Waals surface area contributed by atoms with Crippen LogP contribution in [0.15, 0.2) is 42.9 Å². The molecule has 0 unspecified atom stereocenters. The molecule has 7 nitrogen and oxygen atoms in total. The molecule has 0 radical (unpaired) electrons. The number of amides is 2. The molecule has 2 amide bonds. The summed E-state index contributed by atoms with van der Waals surface area (Å²) < 4.78 is 1.60. The van der Waals surface area contributed by atoms with Gasteiger partial charge < -0.3 is 10.6 Å². The molecule has 8 heteroatoms. The molecule has 0 aliphatic heterocycles. The van der Waals surface area contributed by atoms with Crippen LogP contribution in [0.4, 0.5) is 10.7 Å². The number of nitrogens with zero attached hydrogens (tertiary/aromatic N) is 3. The number of rotatable bonds is 5. The molecule has 2 N–H and O–H groups in total. The fourth-order valence-corrected chi connectivity index (χ4v) is 3.56. The summed E-state index contributed by atoms with van der Waals surface area (Å²) in [6.07, 6.45) is 6.95. The van der Waals surface area contributed by atoms with Crippen molar-refractivity contribution < 1.29 is 9.59 Å². The Kier molecular flexibility index (Phi) is 4.26. The predicted octanol–water partition coefficient (Wildman–Crippen LogP) is 3.24. The van der Waals surface area contributed by atoms with Crippen molar-refractivity contribution in [3.05, 3.63) is 53.3 Å². The Labute approximate surface area is 154 Å². The molecule has 0 saturated heterocycles. The van der Waals surface area contributed by atoms with Crippen molar-refractivity contribution in [3.63, 3.8) is 0 Å². The van der Waals surface area contributed by atoms with Crippen LogP contribution in [0.25, 0.3) is 5.82 Å². The first kappa shape index (κ1) is 16.5. The normalized spacial score (nSPS) is 13.4. The van der Waals surface area contributed by atoms with Gasteiger partial charge in [-0.05, 0) is 49.6 Å². The molecule has 0 atom stereocenters. The van der Waals surface area contributed by atoms with Gasteiger partial charge >= 0.3 is 0 Å². The van der Waals surface area contributed by atoms with E-state index in [9.17, 15) is 9.59 Å². The zero-order chi connectivity index (χ0) is 18.1. The Balaban J connectivity index is 1.54. The monoisotopic (exact) mass is 367 g/mol. The average molecular weight is 367 g/mol. The smallest absolute Gasteiger partial charge is 0.266 e. The molecule has 132 valence electrons. The van der Waals surface area contributed by atoms with Gasteiger partial charge in [0.2, 0.25) is 5.91 Å². The van der Waals surface area contributed by atoms with Crippen LogP contribution in [-0.2, 0) is 4.79 Å². The van der Waals surface area contributed by atoms with Gasteiger partial charge in [0.25, 0.3) is 5.91 Å². The zero-order valence-corrected chi connectivity index (χ0v) is 14.9. The molecule has 4 rings (SSSR count). The Bertz CT molecular complexity index is 960. The Morgan fingerprint density at radius 1 is 1.23 bits per heavy atom. The van der Waals surface area contributed by atoms with Gasteiger partial charge in [-0.3, -0.25) is 9.59 Å². The lowest BCUT2D eigenvalue weighted by Crippen LogP contribution is -2.14. The Hall–Kier alpha value is -3.00. The van der Waals surface area contributed by atoms with Gasteiger partial charge in [-0.1, -0.05) is 0 Å². The minimum atomic E-state index is -0.235. The molecule has 3 aromatic rings. The van der Waals surface area contributed by atoms with Crippen molar-refractivity contribution in [2.45, 2.75) is 19.8 Å². The van der Waals surface area contributed by atoms with Gasteiger partial charge in [0.05, 0.1) is 15.6 Å². The van der Waals surface area contributed by atoms with Crippen molar-refractivity contribution in [3.8, 4) is 5.82 Å². The second-order valence-corrected chi connectivity index (χ2v) is 7.22. The lowest BCUT2D eigenvalue weighted by atomic mass is 10.2. The van der Waals surface area contributed by atoms with E-state index >= 15 is 0 Å². The summed E-state index contributed by atoms with van der Waals surface area (Å²) in [7, 11) is 0. The van der Waals surface area contributed by atoms with Gasteiger partial charge in [0.15, 0.2) is 5.82 Å². The van der Waals surface area contributed by atoms with Gasteiger partial charge in [-0.25, -0.2) is 9.67 Å². The minimum absolute atomic E-state index is 0.0337. The van der Waals surface area contributed by atoms with Crippen LogP contribution >= 0.6 is 11.3 Å². The SMILES string of the molecule is Cc1cc(NC(=O)C2CC2)sc1C(=O)Nc1cccnc1-n1cccn1. The standard InChI is InChI=1S/C18H17N5O2S/c1-11-10-14(22-17(24)12-5-6-12)26-15(11)18(25)21-13-4-2-7-19-16(13)23-9-3-8-20-23/h2-4,7-10,12H,5-6H2,1H3,(H,21,25)(H,22,24). The highest BCUT2D eigenvalue weighted by atomic mass is 32.1. The van der Waals surface area contributed by atoms with Crippen LogP contribution in [0, 0.1) is 12.8 Å². The predicted molar refractivity (Wildman–Crippen MR) is 99.7 cm³/mol. The van der Waals surface area contributed by atoms with E-state index < -0.39 is 0 Å². The summed E-state index contributed by atoms with van der Waals surface area (Å²) in [4.78, 5) is 29.5. The molecule has 3 heterocycles. The number of hydrogen-bond donors (Lipinski definition) is 2. The first-order valence-corrected chi connectivity index (χ1v) is 9.11. The second kappa shape index (κ2) is 6.72. The van der Waals surface area contributed by atoms with E-state index in [2.05, 4.69) is 20.7 Å². The highest BCUT2D eigenvalue weighted by molar-refractivity contribution is 7.18. The largest absolute Gasteiger partial charge is 0.318 e. The van der Waals surface area contributed by atoms with Crippen LogP contribution < -0.4 is 10.6 Å². The zero-order valence-electron chi connectivity index (χ0n) is 14.1. The number of carbonyl (C=O) groups is 2. The molecule has 3 aromatic heterocycles. The number of hydrogen-bond acceptors (Lipinski definition) is 5. The molecule has 1 aliphatic rings. The summed E-state index contributed by atoms with van der Waals surface area (Å²) in [6.45, 7) is 1.86. The topological polar surface area (TPSA) is 88.9 Å². The molecular weight excluding hydrogens is 350 g/mol. The van der Waals surface area contributed by atoms with E-state index in [1.54, 1.807) is 41.5 Å². The highest BCUT2D eigenvalue weighted by Gasteiger charge is 2.30. The van der Waals surface area contributed by atoms with Crippen molar-refractivity contribution in [1.82, 2.24) is 14.8 Å². The maximum absolute atomic E-state index is 12.7. The van der Waals surface area contributed by atoms with Crippen molar-refractivity contribution in [2.75, 3.05) is 10.6 Å². The summed E-state index contributed by atoms with van der Waals surface area (Å²) >= 11 is 1.28. The third-order valence-electron chi connectivity index (χ3n) is 4.07. The summed E-state index contributed by atoms with van der Waals surface area (Å²) in [5, 5.41) is 10.6. The number of thiophene rings is 1. The molecule has 0 spiro atoms. The molecule has 26 heavy (non-hydrogen) atoms. The van der Waals surface area contributed by atoms with Gasteiger partial charge in [-0.2, -0.15) is 5.10 Å². The quantitative estimate of drug-likeness (QED) is 0.724. The average Bonchev–Trinajstić information content (AvgIpc) is 3.22. The first-order valence-electron chi connectivity index (χ1n) is 8.29. The first-order chi connectivity index (χ1) is 12.6. The highest BCUT2D eigenvalue weighted by Crippen LogP contribution is 2.33. The third-order valence-corrected chi connectivity index (χ3v) is 5.23. The lowest BCUT2D eigenvalue weighted by molar-refractivity contribution is -0.117. The van der Waals surface area contributed by atoms with Gasteiger partial charge in [0.1, 0.15) is 0 Å². The summed E-state index contributed by atoms with van der Waals surface area (Å²) in [5.74, 6) is 0.469. The number of anilines is 2. The molecular formula is C18H17N5O2S. The Morgan fingerprint density at radius 3 is 2.81 bits per heavy atom. The number of pyridine rings is 1. The van der Waals surface area contributed by atoms with Crippen molar-refractivity contribution in [1.29, 1.82) is 0 Å². The summed E-state index contributed by atoms with van der Waals surface area (Å²) in [6, 6.07) is 7.15. The van der Waals surface area contributed by atoms with Crippen LogP contribution in [0.1, 0.15) is 28.1 Å². The van der Waals surface area contributed by atoms with E-state index in [1.807, 2.05) is 13.0 Å². The van der Waals surface area contributed by atoms with Crippen LogP contribution in [0.3, 0.4) is 0 Å². The molecule has 1 saturated carbocycles. The number of aryl methyl sites for hydroxylation is 1. The van der Waals surface area contributed by atoms with Crippen LogP contribution in [0.2, 0.25) is 0 Å². The minimum Gasteiger partial charge on any atom is -0.318 e. The van der Waals surface area contributed by atoms with E-state index in [1.165, 1.54) is 11.3 Å². The van der Waals surface area contributed by atoms with Crippen molar-refractivity contribution >= 4 is 33.8 Å². The Morgan fingerprint density at radius 2 is 2.08 bits per heavy atom. The van der Waals surface area contributed by atoms with E-state index in [0.717, 1.165) is 18.4 Å². The van der Waals surface area contributed by atoms with Crippen molar-refractivity contribution in [2.24, 2.45) is 5.92 Å². The van der Waals surface area contributed by atoms with Crippen LogP contribution in [-0.4, -0.2) is 26.6 Å². The van der Waals surface area contributed by atoms with E-state index in [0.29, 0.717) is 21.4 Å². The van der Waals surface area contributed by atoms with E-state index in [4.69, 9.17) is 0 Å². The maximum Gasteiger partial charge on any atom is 0.266 e. The lowest BCUT2D eigenvalue weighted by Gasteiger charge is -2.09. The molecule has 0 bridgehead atoms. The van der Waals surface area contributed by atoms with Crippen LogP contribution in [0.5, 0.6) is 0 Å². The number of aromatic nitrogens is 3. The third kappa shape index (κ3) is 3.36. The van der Waals surface area contributed by atoms with Gasteiger partial charge in [-0.15, -0.1) is 11.3 Å².